The lowest BCUT2D eigenvalue weighted by Crippen LogP contribution is -2.17. The van der Waals surface area contributed by atoms with E-state index in [0.717, 1.165) is 52.1 Å². The number of halogens is 1. The van der Waals surface area contributed by atoms with Crippen LogP contribution in [0, 0.1) is 0 Å². The first kappa shape index (κ1) is 27.8. The highest BCUT2D eigenvalue weighted by molar-refractivity contribution is 8.71. The van der Waals surface area contributed by atoms with Crippen LogP contribution in [0.1, 0.15) is 41.6 Å². The van der Waals surface area contributed by atoms with Crippen molar-refractivity contribution in [1.82, 2.24) is 30.2 Å². The largest absolute Gasteiger partial charge is 0.460 e. The molecule has 38 heavy (non-hydrogen) atoms. The number of benzene rings is 2. The van der Waals surface area contributed by atoms with Crippen LogP contribution >= 0.6 is 22.4 Å². The number of hydrogen-bond acceptors (Lipinski definition) is 9. The van der Waals surface area contributed by atoms with Crippen molar-refractivity contribution < 1.29 is 17.9 Å². The number of aryl methyl sites for hydroxylation is 1. The fourth-order valence-electron chi connectivity index (χ4n) is 3.92. The molecule has 10 nitrogen and oxygen atoms in total. The van der Waals surface area contributed by atoms with Crippen molar-refractivity contribution in [2.24, 2.45) is 0 Å². The lowest BCUT2D eigenvalue weighted by atomic mass is 9.98. The first-order chi connectivity index (χ1) is 18.3. The van der Waals surface area contributed by atoms with E-state index >= 15 is 0 Å². The van der Waals surface area contributed by atoms with Gasteiger partial charge < -0.3 is 9.30 Å². The number of rotatable bonds is 12. The van der Waals surface area contributed by atoms with Crippen molar-refractivity contribution in [3.8, 4) is 22.5 Å². The zero-order valence-electron chi connectivity index (χ0n) is 20.9. The third-order valence-corrected chi connectivity index (χ3v) is 8.49. The van der Waals surface area contributed by atoms with Crippen LogP contribution in [-0.2, 0) is 26.6 Å². The smallest absolute Gasteiger partial charge is 0.358 e. The third-order valence-electron chi connectivity index (χ3n) is 5.68. The Balaban J connectivity index is 1.57. The predicted molar refractivity (Wildman–Crippen MR) is 148 cm³/mol. The summed E-state index contributed by atoms with van der Waals surface area (Å²) in [5, 5.41) is 14.4. The molecule has 0 atom stereocenters. The minimum Gasteiger partial charge on any atom is -0.460 e. The molecule has 0 bridgehead atoms. The van der Waals surface area contributed by atoms with Crippen molar-refractivity contribution in [2.75, 3.05) is 18.6 Å². The van der Waals surface area contributed by atoms with Crippen LogP contribution in [0.4, 0.5) is 0 Å². The van der Waals surface area contributed by atoms with Gasteiger partial charge in [-0.25, -0.2) is 18.2 Å². The van der Waals surface area contributed by atoms with Crippen molar-refractivity contribution in [3.05, 3.63) is 70.8 Å². The molecule has 0 unspecified atom stereocenters. The van der Waals surface area contributed by atoms with Gasteiger partial charge in [0.1, 0.15) is 12.4 Å². The number of nitrogens with one attached hydrogen (secondary N) is 1. The summed E-state index contributed by atoms with van der Waals surface area (Å²) in [6.07, 6.45) is 3.62. The minimum absolute atomic E-state index is 0.0587. The molecule has 1 N–H and O–H groups in total. The Morgan fingerprint density at radius 1 is 1.13 bits per heavy atom. The summed E-state index contributed by atoms with van der Waals surface area (Å²) in [6.45, 7) is 2.39. The van der Waals surface area contributed by atoms with Crippen LogP contribution in [-0.4, -0.2) is 63.2 Å². The topological polar surface area (TPSA) is 133 Å². The van der Waals surface area contributed by atoms with E-state index in [9.17, 15) is 13.2 Å². The molecule has 0 saturated heterocycles. The normalized spacial score (nSPS) is 11.6. The molecule has 0 saturated carbocycles. The molecule has 0 fully saturated rings. The summed E-state index contributed by atoms with van der Waals surface area (Å²) >= 11 is 6.39. The molecule has 2 aromatic carbocycles. The number of tetrazole rings is 1. The highest BCUT2D eigenvalue weighted by Gasteiger charge is 2.24. The van der Waals surface area contributed by atoms with Gasteiger partial charge in [-0.3, -0.25) is 0 Å². The monoisotopic (exact) mass is 574 g/mol. The summed E-state index contributed by atoms with van der Waals surface area (Å²) < 4.78 is 29.8. The van der Waals surface area contributed by atoms with E-state index < -0.39 is 14.8 Å². The zero-order chi connectivity index (χ0) is 27.1. The first-order valence-corrected chi connectivity index (χ1v) is 15.7. The quantitative estimate of drug-likeness (QED) is 0.146. The third kappa shape index (κ3) is 7.00. The summed E-state index contributed by atoms with van der Waals surface area (Å²) in [7, 11) is -2.49. The van der Waals surface area contributed by atoms with Crippen LogP contribution in [0.2, 0.25) is 5.15 Å². The van der Waals surface area contributed by atoms with Gasteiger partial charge in [-0.15, -0.1) is 10.2 Å². The summed E-state index contributed by atoms with van der Waals surface area (Å²) in [4.78, 5) is 17.4. The highest BCUT2D eigenvalue weighted by atomic mass is 35.5. The maximum absolute atomic E-state index is 12.9. The van der Waals surface area contributed by atoms with Crippen molar-refractivity contribution in [3.63, 3.8) is 0 Å². The molecule has 0 aliphatic heterocycles. The molecular weight excluding hydrogens is 548 g/mol. The van der Waals surface area contributed by atoms with Crippen molar-refractivity contribution >= 4 is 37.2 Å². The molecule has 0 spiro atoms. The van der Waals surface area contributed by atoms with Crippen LogP contribution in [0.15, 0.2) is 48.5 Å². The fraction of sp³-hybridized carbons (Fsp3) is 0.320. The lowest BCUT2D eigenvalue weighted by Gasteiger charge is -2.13. The van der Waals surface area contributed by atoms with Crippen LogP contribution in [0.3, 0.4) is 0 Å². The fourth-order valence-corrected chi connectivity index (χ4v) is 5.77. The molecular formula is C25H27ClN6O4S2. The molecule has 0 amide bonds. The number of esters is 1. The number of nitrogens with zero attached hydrogens (tertiary/aromatic N) is 5. The number of aromatic amines is 1. The Bertz CT molecular complexity index is 1490. The SMILES string of the molecule is CCCCc1nc(Cl)c(C(=O)OCCSS(C)(=O)=O)n1Cc1ccc(-c2ccccc2-c2nn[nH]n2)cc1. The lowest BCUT2D eigenvalue weighted by molar-refractivity contribution is 0.0518. The average Bonchev–Trinajstić information content (AvgIpc) is 3.53. The van der Waals surface area contributed by atoms with Gasteiger partial charge in [-0.2, -0.15) is 5.21 Å². The maximum atomic E-state index is 12.9. The zero-order valence-corrected chi connectivity index (χ0v) is 23.3. The van der Waals surface area contributed by atoms with E-state index in [4.69, 9.17) is 16.3 Å². The molecule has 200 valence electrons. The van der Waals surface area contributed by atoms with Gasteiger partial charge in [0.05, 0.1) is 0 Å². The predicted octanol–water partition coefficient (Wildman–Crippen LogP) is 4.62. The van der Waals surface area contributed by atoms with Crippen molar-refractivity contribution in [1.29, 1.82) is 0 Å². The molecule has 4 aromatic rings. The van der Waals surface area contributed by atoms with E-state index in [1.165, 1.54) is 0 Å². The van der Waals surface area contributed by atoms with E-state index in [2.05, 4.69) is 32.5 Å². The molecule has 4 rings (SSSR count). The second-order valence-corrected chi connectivity index (χ2v) is 13.4. The number of aromatic nitrogens is 6. The Hall–Kier alpha value is -3.22. The van der Waals surface area contributed by atoms with Gasteiger partial charge in [0, 0.05) is 30.5 Å². The second-order valence-electron chi connectivity index (χ2n) is 8.50. The number of imidazole rings is 1. The molecule has 0 radical (unpaired) electrons. The number of carbonyl (C=O) groups excluding carboxylic acids is 1. The van der Waals surface area contributed by atoms with Gasteiger partial charge in [-0.1, -0.05) is 73.5 Å². The number of unbranched alkanes of at least 4 members (excludes halogenated alkanes) is 1. The van der Waals surface area contributed by atoms with Crippen LogP contribution in [0.5, 0.6) is 0 Å². The molecule has 13 heteroatoms. The standard InChI is InChI=1S/C25H27ClN6O4S2/c1-3-4-9-21-27-23(26)22(25(33)36-14-15-37-38(2,34)35)32(21)16-17-10-12-18(13-11-17)19-7-5-6-8-20(19)24-28-30-31-29-24/h5-8,10-13H,3-4,9,14-16H2,1-2H3,(H,28,29,30,31). The first-order valence-electron chi connectivity index (χ1n) is 12.0. The van der Waals surface area contributed by atoms with Crippen LogP contribution in [0.25, 0.3) is 22.5 Å². The van der Waals surface area contributed by atoms with Gasteiger partial charge in [0.15, 0.2) is 19.7 Å². The Morgan fingerprint density at radius 2 is 1.87 bits per heavy atom. The highest BCUT2D eigenvalue weighted by Crippen LogP contribution is 2.30. The molecule has 2 heterocycles. The number of ether oxygens (including phenoxy) is 1. The summed E-state index contributed by atoms with van der Waals surface area (Å²) in [5.74, 6) is 0.702. The van der Waals surface area contributed by atoms with Crippen LogP contribution < -0.4 is 0 Å². The number of hydrogen-bond donors (Lipinski definition) is 1. The number of carbonyl (C=O) groups is 1. The minimum atomic E-state index is -3.22. The van der Waals surface area contributed by atoms with E-state index in [0.29, 0.717) is 24.6 Å². The summed E-state index contributed by atoms with van der Waals surface area (Å²) in [6, 6.07) is 15.8. The Kier molecular flexibility index (Phi) is 9.18. The van der Waals surface area contributed by atoms with Gasteiger partial charge >= 0.3 is 5.97 Å². The average molecular weight is 575 g/mol. The molecule has 0 aliphatic carbocycles. The van der Waals surface area contributed by atoms with E-state index in [1.807, 2.05) is 48.5 Å². The van der Waals surface area contributed by atoms with Gasteiger partial charge in [0.2, 0.25) is 5.82 Å². The van der Waals surface area contributed by atoms with Gasteiger partial charge in [0.25, 0.3) is 0 Å². The molecule has 2 aromatic heterocycles. The summed E-state index contributed by atoms with van der Waals surface area (Å²) in [5.41, 5.74) is 3.90. The van der Waals surface area contributed by atoms with Crippen molar-refractivity contribution in [2.45, 2.75) is 32.7 Å². The second kappa shape index (κ2) is 12.5. The van der Waals surface area contributed by atoms with E-state index in [1.54, 1.807) is 4.57 Å². The maximum Gasteiger partial charge on any atom is 0.358 e. The van der Waals surface area contributed by atoms with Gasteiger partial charge in [-0.05, 0) is 39.1 Å². The van der Waals surface area contributed by atoms with E-state index in [-0.39, 0.29) is 23.2 Å². The molecule has 0 aliphatic rings. The Labute approximate surface area is 229 Å². The Morgan fingerprint density at radius 3 is 2.53 bits per heavy atom. The number of H-pyrrole nitrogens is 1.